The topological polar surface area (TPSA) is 26.0 Å². The van der Waals surface area contributed by atoms with Crippen molar-refractivity contribution in [1.29, 1.82) is 0 Å². The maximum Gasteiger partial charge on any atom is 0.124 e. The second-order valence-electron chi connectivity index (χ2n) is 5.02. The van der Waals surface area contributed by atoms with Crippen molar-refractivity contribution in [3.63, 3.8) is 0 Å². The lowest BCUT2D eigenvalue weighted by atomic mass is 9.93. The average Bonchev–Trinajstić information content (AvgIpc) is 2.78. The van der Waals surface area contributed by atoms with E-state index in [2.05, 4.69) is 15.9 Å². The minimum Gasteiger partial charge on any atom is -0.327 e. The van der Waals surface area contributed by atoms with Crippen LogP contribution in [0.3, 0.4) is 0 Å². The lowest BCUT2D eigenvalue weighted by Crippen LogP contribution is -2.28. The van der Waals surface area contributed by atoms with Gasteiger partial charge in [-0.1, -0.05) is 28.8 Å². The zero-order chi connectivity index (χ0) is 12.3. The summed E-state index contributed by atoms with van der Waals surface area (Å²) in [4.78, 5) is 0. The van der Waals surface area contributed by atoms with Crippen LogP contribution in [0.4, 0.5) is 4.39 Å². The Kier molecular flexibility index (Phi) is 4.57. The second kappa shape index (κ2) is 5.96. The van der Waals surface area contributed by atoms with Crippen LogP contribution >= 0.6 is 15.9 Å². The molecule has 1 unspecified atom stereocenters. The molecular weight excluding hydrogens is 281 g/mol. The third-order valence-electron chi connectivity index (χ3n) is 3.69. The van der Waals surface area contributed by atoms with Crippen molar-refractivity contribution in [2.24, 2.45) is 11.7 Å². The molecule has 0 amide bonds. The minimum atomic E-state index is -0.177. The summed E-state index contributed by atoms with van der Waals surface area (Å²) in [6.07, 6.45) is 7.02. The molecule has 1 atom stereocenters. The molecule has 94 valence electrons. The Morgan fingerprint density at radius 3 is 2.65 bits per heavy atom. The van der Waals surface area contributed by atoms with Crippen LogP contribution in [0.2, 0.25) is 0 Å². The predicted octanol–water partition coefficient (Wildman–Crippen LogP) is 4.04. The molecule has 0 bridgehead atoms. The third-order valence-corrected chi connectivity index (χ3v) is 4.15. The predicted molar refractivity (Wildman–Crippen MR) is 72.4 cm³/mol. The molecule has 1 aliphatic carbocycles. The molecule has 17 heavy (non-hydrogen) atoms. The van der Waals surface area contributed by atoms with Gasteiger partial charge in [-0.05, 0) is 55.4 Å². The highest BCUT2D eigenvalue weighted by molar-refractivity contribution is 9.10. The van der Waals surface area contributed by atoms with Gasteiger partial charge in [-0.15, -0.1) is 0 Å². The zero-order valence-corrected chi connectivity index (χ0v) is 11.5. The normalized spacial score (nSPS) is 18.5. The Hall–Kier alpha value is -0.410. The summed E-state index contributed by atoms with van der Waals surface area (Å²) < 4.78 is 14.0. The van der Waals surface area contributed by atoms with Gasteiger partial charge in [-0.2, -0.15) is 0 Å². The number of aryl methyl sites for hydroxylation is 1. The minimum absolute atomic E-state index is 0.177. The lowest BCUT2D eigenvalue weighted by Gasteiger charge is -2.18. The van der Waals surface area contributed by atoms with E-state index in [9.17, 15) is 4.39 Å². The number of halogens is 2. The number of hydrogen-bond acceptors (Lipinski definition) is 1. The summed E-state index contributed by atoms with van der Waals surface area (Å²) >= 11 is 3.32. The smallest absolute Gasteiger partial charge is 0.124 e. The molecule has 1 aromatic rings. The molecule has 1 fully saturated rings. The van der Waals surface area contributed by atoms with Crippen molar-refractivity contribution in [2.75, 3.05) is 0 Å². The van der Waals surface area contributed by atoms with Gasteiger partial charge in [0.25, 0.3) is 0 Å². The Morgan fingerprint density at radius 1 is 1.29 bits per heavy atom. The van der Waals surface area contributed by atoms with Crippen molar-refractivity contribution in [1.82, 2.24) is 0 Å². The number of rotatable bonds is 4. The summed E-state index contributed by atoms with van der Waals surface area (Å²) in [5, 5.41) is 0. The summed E-state index contributed by atoms with van der Waals surface area (Å²) in [6.45, 7) is 0. The molecule has 1 saturated carbocycles. The van der Waals surface area contributed by atoms with Crippen LogP contribution in [-0.4, -0.2) is 6.04 Å². The van der Waals surface area contributed by atoms with Crippen LogP contribution in [0.1, 0.15) is 37.7 Å². The fraction of sp³-hybridized carbons (Fsp3) is 0.571. The third kappa shape index (κ3) is 3.78. The molecule has 1 nitrogen and oxygen atoms in total. The molecular formula is C14H19BrFN. The molecule has 2 rings (SSSR count). The molecule has 0 heterocycles. The Morgan fingerprint density at radius 2 is 2.00 bits per heavy atom. The van der Waals surface area contributed by atoms with Crippen molar-refractivity contribution in [3.8, 4) is 0 Å². The van der Waals surface area contributed by atoms with E-state index < -0.39 is 0 Å². The molecule has 0 spiro atoms. The first-order valence-electron chi connectivity index (χ1n) is 6.35. The van der Waals surface area contributed by atoms with Gasteiger partial charge >= 0.3 is 0 Å². The molecule has 2 N–H and O–H groups in total. The molecule has 3 heteroatoms. The Labute approximate surface area is 111 Å². The van der Waals surface area contributed by atoms with Crippen LogP contribution in [0, 0.1) is 11.7 Å². The molecule has 0 radical (unpaired) electrons. The zero-order valence-electron chi connectivity index (χ0n) is 9.96. The van der Waals surface area contributed by atoms with Crippen molar-refractivity contribution in [2.45, 2.75) is 44.6 Å². The molecule has 0 aliphatic heterocycles. The lowest BCUT2D eigenvalue weighted by molar-refractivity contribution is 0.410. The number of hydrogen-bond donors (Lipinski definition) is 1. The van der Waals surface area contributed by atoms with Gasteiger partial charge in [0.2, 0.25) is 0 Å². The Balaban J connectivity index is 1.88. The van der Waals surface area contributed by atoms with E-state index >= 15 is 0 Å². The molecule has 0 aromatic heterocycles. The van der Waals surface area contributed by atoms with E-state index in [1.807, 2.05) is 6.07 Å². The fourth-order valence-corrected chi connectivity index (χ4v) is 3.22. The molecule has 1 aliphatic rings. The highest BCUT2D eigenvalue weighted by atomic mass is 79.9. The quantitative estimate of drug-likeness (QED) is 0.892. The molecule has 1 aromatic carbocycles. The summed E-state index contributed by atoms with van der Waals surface area (Å²) in [5.41, 5.74) is 7.23. The van der Waals surface area contributed by atoms with Gasteiger partial charge in [-0.3, -0.25) is 0 Å². The SMILES string of the molecule is NC(CCc1cc(F)cc(Br)c1)C1CCCC1. The van der Waals surface area contributed by atoms with Gasteiger partial charge in [0.1, 0.15) is 5.82 Å². The summed E-state index contributed by atoms with van der Waals surface area (Å²) in [7, 11) is 0. The summed E-state index contributed by atoms with van der Waals surface area (Å²) in [6, 6.07) is 5.34. The highest BCUT2D eigenvalue weighted by Crippen LogP contribution is 2.28. The van der Waals surface area contributed by atoms with Crippen LogP contribution in [0.15, 0.2) is 22.7 Å². The molecule has 0 saturated heterocycles. The van der Waals surface area contributed by atoms with Gasteiger partial charge < -0.3 is 5.73 Å². The van der Waals surface area contributed by atoms with E-state index in [1.165, 1.54) is 31.7 Å². The number of benzene rings is 1. The standard InChI is InChI=1S/C14H19BrFN/c15-12-7-10(8-13(16)9-12)5-6-14(17)11-3-1-2-4-11/h7-9,11,14H,1-6,17H2. The first-order valence-corrected chi connectivity index (χ1v) is 7.15. The Bertz CT molecular complexity index is 354. The maximum absolute atomic E-state index is 13.2. The number of nitrogens with two attached hydrogens (primary N) is 1. The van der Waals surface area contributed by atoms with Gasteiger partial charge in [0.05, 0.1) is 0 Å². The average molecular weight is 300 g/mol. The summed E-state index contributed by atoms with van der Waals surface area (Å²) in [5.74, 6) is 0.510. The monoisotopic (exact) mass is 299 g/mol. The van der Waals surface area contributed by atoms with E-state index in [4.69, 9.17) is 5.73 Å². The van der Waals surface area contributed by atoms with Crippen LogP contribution in [-0.2, 0) is 6.42 Å². The van der Waals surface area contributed by atoms with Gasteiger partial charge in [0.15, 0.2) is 0 Å². The largest absolute Gasteiger partial charge is 0.327 e. The van der Waals surface area contributed by atoms with Gasteiger partial charge in [0, 0.05) is 10.5 Å². The highest BCUT2D eigenvalue weighted by Gasteiger charge is 2.21. The van der Waals surface area contributed by atoms with E-state index in [-0.39, 0.29) is 11.9 Å². The van der Waals surface area contributed by atoms with Crippen molar-refractivity contribution < 1.29 is 4.39 Å². The second-order valence-corrected chi connectivity index (χ2v) is 5.94. The first kappa shape index (κ1) is 13.0. The van der Waals surface area contributed by atoms with E-state index in [0.29, 0.717) is 5.92 Å². The fourth-order valence-electron chi connectivity index (χ4n) is 2.71. The maximum atomic E-state index is 13.2. The van der Waals surface area contributed by atoms with Crippen LogP contribution in [0.25, 0.3) is 0 Å². The van der Waals surface area contributed by atoms with Crippen molar-refractivity contribution >= 4 is 15.9 Å². The van der Waals surface area contributed by atoms with Crippen LogP contribution in [0.5, 0.6) is 0 Å². The van der Waals surface area contributed by atoms with Crippen molar-refractivity contribution in [3.05, 3.63) is 34.1 Å². The van der Waals surface area contributed by atoms with Gasteiger partial charge in [-0.25, -0.2) is 4.39 Å². The van der Waals surface area contributed by atoms with E-state index in [1.54, 1.807) is 6.07 Å². The first-order chi connectivity index (χ1) is 8.15. The van der Waals surface area contributed by atoms with E-state index in [0.717, 1.165) is 22.9 Å². The van der Waals surface area contributed by atoms with Crippen LogP contribution < -0.4 is 5.73 Å².